The summed E-state index contributed by atoms with van der Waals surface area (Å²) in [5, 5.41) is 12.6. The average Bonchev–Trinajstić information content (AvgIpc) is 3.93. The molecule has 0 radical (unpaired) electrons. The quantitative estimate of drug-likeness (QED) is 0.0798. The van der Waals surface area contributed by atoms with Crippen LogP contribution >= 0.6 is 0 Å². The maximum Gasteiger partial charge on any atom is 0.270 e. The topological polar surface area (TPSA) is 163 Å². The van der Waals surface area contributed by atoms with Gasteiger partial charge in [-0.25, -0.2) is 0 Å². The summed E-state index contributed by atoms with van der Waals surface area (Å²) in [4.78, 5) is 65.3. The predicted molar refractivity (Wildman–Crippen MR) is 228 cm³/mol. The number of carbonyl (C=O) groups excluding carboxylic acids is 4. The van der Waals surface area contributed by atoms with E-state index in [1.54, 1.807) is 24.4 Å². The SMILES string of the molecule is Cc1noc(C)c1-c1c[nH]c2c(C(C)C)cc(-c3cccc4cc(-c5cccnc5C(=O)NCCC#Cc5cccc6c5CN(C5CCC(=O)NC5=O)C6=O)ncc34)cc12. The lowest BCUT2D eigenvalue weighted by Gasteiger charge is -2.29. The first-order valence-corrected chi connectivity index (χ1v) is 20.0. The van der Waals surface area contributed by atoms with Crippen LogP contribution in [0.5, 0.6) is 0 Å². The van der Waals surface area contributed by atoms with Gasteiger partial charge in [-0.3, -0.25) is 34.5 Å². The molecule has 12 heteroatoms. The first-order chi connectivity index (χ1) is 29.1. The zero-order chi connectivity index (χ0) is 41.7. The van der Waals surface area contributed by atoms with E-state index in [2.05, 4.69) is 75.7 Å². The first-order valence-electron chi connectivity index (χ1n) is 20.0. The number of aryl methyl sites for hydroxylation is 2. The third-order valence-corrected chi connectivity index (χ3v) is 11.5. The maximum absolute atomic E-state index is 13.6. The van der Waals surface area contributed by atoms with Gasteiger partial charge >= 0.3 is 0 Å². The lowest BCUT2D eigenvalue weighted by Crippen LogP contribution is -2.52. The zero-order valence-electron chi connectivity index (χ0n) is 33.6. The average molecular weight is 796 g/mol. The van der Waals surface area contributed by atoms with Crippen LogP contribution in [0.4, 0.5) is 0 Å². The highest BCUT2D eigenvalue weighted by Crippen LogP contribution is 2.41. The van der Waals surface area contributed by atoms with E-state index in [0.717, 1.165) is 60.9 Å². The lowest BCUT2D eigenvalue weighted by molar-refractivity contribution is -0.136. The third-order valence-electron chi connectivity index (χ3n) is 11.5. The molecule has 6 heterocycles. The fourth-order valence-electron chi connectivity index (χ4n) is 8.49. The van der Waals surface area contributed by atoms with Crippen LogP contribution in [0.3, 0.4) is 0 Å². The van der Waals surface area contributed by atoms with Crippen LogP contribution in [0.2, 0.25) is 0 Å². The van der Waals surface area contributed by atoms with Crippen LogP contribution in [0, 0.1) is 25.7 Å². The number of aromatic nitrogens is 4. The van der Waals surface area contributed by atoms with Crippen molar-refractivity contribution in [3.63, 3.8) is 0 Å². The van der Waals surface area contributed by atoms with Crippen molar-refractivity contribution in [1.82, 2.24) is 35.6 Å². The van der Waals surface area contributed by atoms with Gasteiger partial charge in [0.25, 0.3) is 11.8 Å². The molecule has 1 unspecified atom stereocenters. The number of benzene rings is 3. The number of aromatic amines is 1. The smallest absolute Gasteiger partial charge is 0.270 e. The normalized spacial score (nSPS) is 15.1. The number of pyridine rings is 2. The van der Waals surface area contributed by atoms with Crippen LogP contribution in [-0.2, 0) is 16.1 Å². The van der Waals surface area contributed by atoms with Gasteiger partial charge in [-0.15, -0.1) is 0 Å². The van der Waals surface area contributed by atoms with E-state index < -0.39 is 11.9 Å². The van der Waals surface area contributed by atoms with Gasteiger partial charge < -0.3 is 19.7 Å². The molecule has 4 amide bonds. The minimum absolute atomic E-state index is 0.189. The van der Waals surface area contributed by atoms with Crippen molar-refractivity contribution in [1.29, 1.82) is 0 Å². The molecule has 1 atom stereocenters. The molecular weight excluding hydrogens is 755 g/mol. The number of fused-ring (bicyclic) bond motifs is 3. The summed E-state index contributed by atoms with van der Waals surface area (Å²) in [7, 11) is 0. The Morgan fingerprint density at radius 3 is 2.58 bits per heavy atom. The fourth-order valence-corrected chi connectivity index (χ4v) is 8.49. The molecule has 2 aliphatic rings. The zero-order valence-corrected chi connectivity index (χ0v) is 33.6. The minimum atomic E-state index is -0.698. The Hall–Kier alpha value is -7.39. The molecule has 12 nitrogen and oxygen atoms in total. The Balaban J connectivity index is 0.932. The van der Waals surface area contributed by atoms with E-state index in [1.165, 1.54) is 10.5 Å². The number of nitrogens with zero attached hydrogens (tertiary/aromatic N) is 4. The summed E-state index contributed by atoms with van der Waals surface area (Å²) in [6.45, 7) is 8.80. The van der Waals surface area contributed by atoms with Gasteiger partial charge in [0.05, 0.1) is 11.4 Å². The van der Waals surface area contributed by atoms with Gasteiger partial charge in [0, 0.05) is 88.6 Å². The Morgan fingerprint density at radius 2 is 1.78 bits per heavy atom. The number of hydrogen-bond donors (Lipinski definition) is 3. The van der Waals surface area contributed by atoms with Gasteiger partial charge in [-0.1, -0.05) is 55.1 Å². The van der Waals surface area contributed by atoms with Gasteiger partial charge in [-0.2, -0.15) is 0 Å². The van der Waals surface area contributed by atoms with Crippen molar-refractivity contribution in [2.45, 2.75) is 65.5 Å². The van der Waals surface area contributed by atoms with E-state index in [-0.39, 0.29) is 48.8 Å². The van der Waals surface area contributed by atoms with Crippen molar-refractivity contribution in [3.8, 4) is 45.4 Å². The highest BCUT2D eigenvalue weighted by atomic mass is 16.5. The lowest BCUT2D eigenvalue weighted by atomic mass is 9.91. The minimum Gasteiger partial charge on any atom is -0.361 e. The molecule has 0 spiro atoms. The number of hydrogen-bond acceptors (Lipinski definition) is 8. The maximum atomic E-state index is 13.6. The number of H-pyrrole nitrogens is 1. The van der Waals surface area contributed by atoms with E-state index in [1.807, 2.05) is 50.5 Å². The molecular formula is C48H41N7O5. The van der Waals surface area contributed by atoms with Crippen molar-refractivity contribution in [2.24, 2.45) is 0 Å². The molecule has 298 valence electrons. The molecule has 0 saturated carbocycles. The molecule has 9 rings (SSSR count). The summed E-state index contributed by atoms with van der Waals surface area (Å²) < 4.78 is 5.54. The second-order valence-electron chi connectivity index (χ2n) is 15.6. The van der Waals surface area contributed by atoms with Crippen molar-refractivity contribution >= 4 is 45.3 Å². The van der Waals surface area contributed by atoms with Crippen LogP contribution in [0.25, 0.3) is 55.2 Å². The van der Waals surface area contributed by atoms with Gasteiger partial charge in [-0.05, 0) is 96.3 Å². The summed E-state index contributed by atoms with van der Waals surface area (Å²) >= 11 is 0. The molecule has 4 aromatic heterocycles. The number of carbonyl (C=O) groups is 4. The molecule has 3 N–H and O–H groups in total. The van der Waals surface area contributed by atoms with Gasteiger partial charge in [0.2, 0.25) is 11.8 Å². The van der Waals surface area contributed by atoms with Crippen LogP contribution in [0.1, 0.15) is 88.0 Å². The summed E-state index contributed by atoms with van der Waals surface area (Å²) in [6.07, 6.45) is 6.33. The third kappa shape index (κ3) is 6.77. The van der Waals surface area contributed by atoms with Gasteiger partial charge in [0.15, 0.2) is 0 Å². The van der Waals surface area contributed by atoms with Crippen LogP contribution in [-0.4, -0.2) is 61.2 Å². The summed E-state index contributed by atoms with van der Waals surface area (Å²) in [6, 6.07) is 21.0. The van der Waals surface area contributed by atoms with E-state index in [0.29, 0.717) is 35.2 Å². The number of amides is 4. The van der Waals surface area contributed by atoms with Crippen molar-refractivity contribution in [3.05, 3.63) is 125 Å². The highest BCUT2D eigenvalue weighted by molar-refractivity contribution is 6.07. The largest absolute Gasteiger partial charge is 0.361 e. The van der Waals surface area contributed by atoms with Crippen molar-refractivity contribution < 1.29 is 23.7 Å². The van der Waals surface area contributed by atoms with E-state index in [4.69, 9.17) is 9.51 Å². The molecule has 1 saturated heterocycles. The summed E-state index contributed by atoms with van der Waals surface area (Å²) in [5.74, 6) is 5.94. The number of imide groups is 1. The van der Waals surface area contributed by atoms with Crippen molar-refractivity contribution in [2.75, 3.05) is 6.54 Å². The Kier molecular flexibility index (Phi) is 9.80. The van der Waals surface area contributed by atoms with E-state index in [9.17, 15) is 19.2 Å². The molecule has 0 aliphatic carbocycles. The Morgan fingerprint density at radius 1 is 0.967 bits per heavy atom. The Labute approximate surface area is 345 Å². The molecule has 3 aromatic carbocycles. The fraction of sp³-hybridized carbons (Fsp3) is 0.229. The molecule has 7 aromatic rings. The number of rotatable bonds is 8. The molecule has 1 fully saturated rings. The number of nitrogens with one attached hydrogen (secondary N) is 3. The van der Waals surface area contributed by atoms with Crippen LogP contribution in [0.15, 0.2) is 89.8 Å². The predicted octanol–water partition coefficient (Wildman–Crippen LogP) is 7.77. The first kappa shape index (κ1) is 38.1. The summed E-state index contributed by atoms with van der Waals surface area (Å²) in [5.41, 5.74) is 10.7. The van der Waals surface area contributed by atoms with E-state index >= 15 is 0 Å². The molecule has 2 aliphatic heterocycles. The standard InChI is InChI=1S/C48H41N7O5/c1-26(2)35-20-31(21-36-38(24-52-44(35)36)43-27(3)54-60-28(43)4)32-13-8-12-30-22-40(51-23-37(30)32)34-15-9-19-49-45(34)47(58)50-18-6-5-10-29-11-7-14-33-39(29)25-55(48(33)59)41-16-17-42(56)53-46(41)57/h7-9,11-15,19-24,26,41,52H,6,16-18,25H2,1-4H3,(H,50,58)(H,53,56,57). The molecule has 60 heavy (non-hydrogen) atoms. The Bertz CT molecular complexity index is 2970. The van der Waals surface area contributed by atoms with Gasteiger partial charge in [0.1, 0.15) is 17.5 Å². The monoisotopic (exact) mass is 795 g/mol. The second-order valence-corrected chi connectivity index (χ2v) is 15.6. The highest BCUT2D eigenvalue weighted by Gasteiger charge is 2.39. The molecule has 0 bridgehead atoms. The van der Waals surface area contributed by atoms with Crippen LogP contribution < -0.4 is 10.6 Å². The number of piperidine rings is 1. The second kappa shape index (κ2) is 15.4.